The maximum atomic E-state index is 13.3. The summed E-state index contributed by atoms with van der Waals surface area (Å²) in [6.07, 6.45) is 4.42. The number of nitrogens with zero attached hydrogens (tertiary/aromatic N) is 3. The number of aromatic nitrogens is 2. The Bertz CT molecular complexity index is 1040. The molecule has 0 aliphatic rings. The van der Waals surface area contributed by atoms with Crippen LogP contribution in [0.5, 0.6) is 5.75 Å². The Morgan fingerprint density at radius 2 is 2.18 bits per heavy atom. The Kier molecular flexibility index (Phi) is 5.64. The van der Waals surface area contributed by atoms with Gasteiger partial charge in [0.05, 0.1) is 4.92 Å². The number of furan rings is 1. The first kappa shape index (κ1) is 19.0. The molecule has 0 aliphatic carbocycles. The summed E-state index contributed by atoms with van der Waals surface area (Å²) < 4.78 is 25.7. The van der Waals surface area contributed by atoms with Gasteiger partial charge in [-0.25, -0.2) is 4.39 Å². The zero-order valence-corrected chi connectivity index (χ0v) is 14.9. The number of hydrogen-bond acceptors (Lipinski definition) is 6. The lowest BCUT2D eigenvalue weighted by atomic mass is 10.2. The Hall–Kier alpha value is -3.75. The summed E-state index contributed by atoms with van der Waals surface area (Å²) in [6, 6.07) is 7.82. The quantitative estimate of drug-likeness (QED) is 0.251. The second-order valence-corrected chi connectivity index (χ2v) is 5.69. The first-order valence-corrected chi connectivity index (χ1v) is 8.37. The summed E-state index contributed by atoms with van der Waals surface area (Å²) in [5.41, 5.74) is 0.124. The van der Waals surface area contributed by atoms with Gasteiger partial charge in [0, 0.05) is 24.9 Å². The van der Waals surface area contributed by atoms with Crippen molar-refractivity contribution >= 4 is 17.5 Å². The number of ether oxygens (including phenoxy) is 1. The minimum Gasteiger partial charge on any atom is -0.479 e. The van der Waals surface area contributed by atoms with Crippen LogP contribution < -0.4 is 4.74 Å². The average molecular weight is 385 g/mol. The molecule has 0 bridgehead atoms. The molecule has 28 heavy (non-hydrogen) atoms. The number of carbonyl (C=O) groups excluding carboxylic acids is 1. The van der Waals surface area contributed by atoms with Gasteiger partial charge >= 0.3 is 5.69 Å². The number of rotatable bonds is 8. The highest BCUT2D eigenvalue weighted by Gasteiger charge is 2.16. The summed E-state index contributed by atoms with van der Waals surface area (Å²) in [7, 11) is 0. The van der Waals surface area contributed by atoms with E-state index in [0.29, 0.717) is 23.8 Å². The highest BCUT2D eigenvalue weighted by molar-refractivity contribution is 6.05. The molecule has 0 saturated heterocycles. The molecule has 8 nitrogen and oxygen atoms in total. The number of halogens is 1. The first-order chi connectivity index (χ1) is 13.5. The SMILES string of the molecule is CCn1nccc1C(=O)/C=C/c1ccc(COc2cc(F)ccc2[N+](=O)[O-])o1. The van der Waals surface area contributed by atoms with E-state index < -0.39 is 10.7 Å². The maximum absolute atomic E-state index is 13.3. The van der Waals surface area contributed by atoms with Gasteiger partial charge in [-0.3, -0.25) is 19.6 Å². The van der Waals surface area contributed by atoms with Crippen LogP contribution in [0.1, 0.15) is 28.9 Å². The Morgan fingerprint density at radius 3 is 2.93 bits per heavy atom. The van der Waals surface area contributed by atoms with E-state index in [1.165, 1.54) is 12.2 Å². The smallest absolute Gasteiger partial charge is 0.311 e. The molecule has 0 fully saturated rings. The van der Waals surface area contributed by atoms with Crippen LogP contribution in [0.3, 0.4) is 0 Å². The molecule has 0 amide bonds. The summed E-state index contributed by atoms with van der Waals surface area (Å²) >= 11 is 0. The summed E-state index contributed by atoms with van der Waals surface area (Å²) in [6.45, 7) is 2.33. The van der Waals surface area contributed by atoms with Gasteiger partial charge in [0.1, 0.15) is 29.6 Å². The maximum Gasteiger partial charge on any atom is 0.311 e. The van der Waals surface area contributed by atoms with Gasteiger partial charge in [0.25, 0.3) is 0 Å². The number of nitro benzene ring substituents is 1. The number of aryl methyl sites for hydroxylation is 1. The first-order valence-electron chi connectivity index (χ1n) is 8.37. The fourth-order valence-corrected chi connectivity index (χ4v) is 2.50. The predicted molar refractivity (Wildman–Crippen MR) is 97.4 cm³/mol. The van der Waals surface area contributed by atoms with Crippen molar-refractivity contribution in [3.63, 3.8) is 0 Å². The van der Waals surface area contributed by atoms with Gasteiger partial charge in [-0.1, -0.05) is 0 Å². The van der Waals surface area contributed by atoms with Gasteiger partial charge in [-0.05, 0) is 43.3 Å². The number of allylic oxidation sites excluding steroid dienone is 1. The van der Waals surface area contributed by atoms with Gasteiger partial charge in [0.2, 0.25) is 5.78 Å². The molecule has 0 atom stereocenters. The topological polar surface area (TPSA) is 100 Å². The number of benzene rings is 1. The van der Waals surface area contributed by atoms with Crippen molar-refractivity contribution in [2.45, 2.75) is 20.1 Å². The van der Waals surface area contributed by atoms with E-state index in [-0.39, 0.29) is 23.8 Å². The molecule has 1 aromatic carbocycles. The van der Waals surface area contributed by atoms with Gasteiger partial charge in [0.15, 0.2) is 5.75 Å². The van der Waals surface area contributed by atoms with Crippen LogP contribution >= 0.6 is 0 Å². The molecule has 3 rings (SSSR count). The Morgan fingerprint density at radius 1 is 1.36 bits per heavy atom. The molecule has 3 aromatic rings. The van der Waals surface area contributed by atoms with Crippen molar-refractivity contribution in [1.82, 2.24) is 9.78 Å². The standard InChI is InChI=1S/C19H16FN3O5/c1-2-22-16(9-10-21-22)18(24)8-6-14-4-5-15(28-14)12-27-19-11-13(20)3-7-17(19)23(25)26/h3-11H,2,12H2,1H3/b8-6+. The van der Waals surface area contributed by atoms with Gasteiger partial charge in [-0.15, -0.1) is 0 Å². The molecule has 2 heterocycles. The van der Waals surface area contributed by atoms with Crippen molar-refractivity contribution in [3.8, 4) is 5.75 Å². The van der Waals surface area contributed by atoms with E-state index in [9.17, 15) is 19.3 Å². The average Bonchev–Trinajstić information content (AvgIpc) is 3.33. The summed E-state index contributed by atoms with van der Waals surface area (Å²) in [5.74, 6) is -0.286. The van der Waals surface area contributed by atoms with E-state index in [2.05, 4.69) is 5.10 Å². The summed E-state index contributed by atoms with van der Waals surface area (Å²) in [4.78, 5) is 22.5. The number of ketones is 1. The lowest BCUT2D eigenvalue weighted by Crippen LogP contribution is -2.07. The van der Waals surface area contributed by atoms with Crippen LogP contribution in [-0.4, -0.2) is 20.5 Å². The molecular formula is C19H16FN3O5. The van der Waals surface area contributed by atoms with Crippen LogP contribution in [0.15, 0.2) is 53.1 Å². The normalized spacial score (nSPS) is 11.1. The molecule has 0 aliphatic heterocycles. The molecule has 2 aromatic heterocycles. The van der Waals surface area contributed by atoms with Crippen LogP contribution in [0.2, 0.25) is 0 Å². The fourth-order valence-electron chi connectivity index (χ4n) is 2.50. The lowest BCUT2D eigenvalue weighted by Gasteiger charge is -2.05. The second-order valence-electron chi connectivity index (χ2n) is 5.69. The molecule has 0 spiro atoms. The minimum absolute atomic E-state index is 0.130. The van der Waals surface area contributed by atoms with E-state index in [1.54, 1.807) is 29.1 Å². The third-order valence-electron chi connectivity index (χ3n) is 3.84. The van der Waals surface area contributed by atoms with E-state index in [0.717, 1.165) is 18.2 Å². The molecule has 9 heteroatoms. The molecule has 0 N–H and O–H groups in total. The zero-order valence-electron chi connectivity index (χ0n) is 14.9. The van der Waals surface area contributed by atoms with Crippen molar-refractivity contribution < 1.29 is 23.3 Å². The monoisotopic (exact) mass is 385 g/mol. The van der Waals surface area contributed by atoms with Crippen molar-refractivity contribution in [1.29, 1.82) is 0 Å². The van der Waals surface area contributed by atoms with E-state index >= 15 is 0 Å². The predicted octanol–water partition coefficient (Wildman–Crippen LogP) is 4.02. The third-order valence-corrected chi connectivity index (χ3v) is 3.84. The number of hydrogen-bond donors (Lipinski definition) is 0. The number of carbonyl (C=O) groups is 1. The molecule has 0 radical (unpaired) electrons. The summed E-state index contributed by atoms with van der Waals surface area (Å²) in [5, 5.41) is 15.0. The van der Waals surface area contributed by atoms with E-state index in [1.807, 2.05) is 6.92 Å². The van der Waals surface area contributed by atoms with Crippen LogP contribution in [-0.2, 0) is 13.2 Å². The van der Waals surface area contributed by atoms with Crippen molar-refractivity contribution in [3.05, 3.63) is 81.8 Å². The molecule has 144 valence electrons. The van der Waals surface area contributed by atoms with Crippen molar-refractivity contribution in [2.24, 2.45) is 0 Å². The van der Waals surface area contributed by atoms with Crippen LogP contribution in [0.25, 0.3) is 6.08 Å². The van der Waals surface area contributed by atoms with Crippen LogP contribution in [0.4, 0.5) is 10.1 Å². The fraction of sp³-hybridized carbons (Fsp3) is 0.158. The third kappa shape index (κ3) is 4.32. The zero-order chi connectivity index (χ0) is 20.1. The second kappa shape index (κ2) is 8.30. The highest BCUT2D eigenvalue weighted by atomic mass is 19.1. The van der Waals surface area contributed by atoms with E-state index in [4.69, 9.17) is 9.15 Å². The lowest BCUT2D eigenvalue weighted by molar-refractivity contribution is -0.386. The Labute approximate surface area is 159 Å². The molecule has 0 saturated carbocycles. The highest BCUT2D eigenvalue weighted by Crippen LogP contribution is 2.28. The Balaban J connectivity index is 1.66. The van der Waals surface area contributed by atoms with Gasteiger partial charge < -0.3 is 9.15 Å². The molecule has 0 unspecified atom stereocenters. The minimum atomic E-state index is -0.655. The largest absolute Gasteiger partial charge is 0.479 e. The van der Waals surface area contributed by atoms with Gasteiger partial charge in [-0.2, -0.15) is 5.10 Å². The van der Waals surface area contributed by atoms with Crippen molar-refractivity contribution in [2.75, 3.05) is 0 Å². The number of nitro groups is 1. The molecular weight excluding hydrogens is 369 g/mol. The van der Waals surface area contributed by atoms with Crippen LogP contribution in [0, 0.1) is 15.9 Å².